The van der Waals surface area contributed by atoms with Crippen molar-refractivity contribution in [2.24, 2.45) is 0 Å². The lowest BCUT2D eigenvalue weighted by Gasteiger charge is -2.07. The predicted octanol–water partition coefficient (Wildman–Crippen LogP) is 3.67. The molecule has 1 aromatic carbocycles. The minimum Gasteiger partial charge on any atom is -0.265 e. The van der Waals surface area contributed by atoms with Crippen LogP contribution in [0.1, 0.15) is 25.0 Å². The summed E-state index contributed by atoms with van der Waals surface area (Å²) in [5, 5.41) is 0. The maximum atomic E-state index is 4.05. The Bertz CT molecular complexity index is 438. The van der Waals surface area contributed by atoms with Gasteiger partial charge in [-0.05, 0) is 53.3 Å². The topological polar surface area (TPSA) is 12.9 Å². The molecule has 0 saturated carbocycles. The van der Waals surface area contributed by atoms with Gasteiger partial charge in [-0.25, -0.2) is 0 Å². The molecule has 1 radical (unpaired) electrons. The summed E-state index contributed by atoms with van der Waals surface area (Å²) in [6, 6.07) is 12.0. The van der Waals surface area contributed by atoms with E-state index in [0.717, 1.165) is 12.8 Å². The smallest absolute Gasteiger partial charge is 0.0273 e. The van der Waals surface area contributed by atoms with Crippen molar-refractivity contribution in [1.82, 2.24) is 4.98 Å². The van der Waals surface area contributed by atoms with Crippen molar-refractivity contribution in [3.05, 3.63) is 53.9 Å². The zero-order chi connectivity index (χ0) is 11.4. The van der Waals surface area contributed by atoms with Crippen LogP contribution in [0.4, 0.5) is 0 Å². The van der Waals surface area contributed by atoms with Crippen LogP contribution in [-0.4, -0.2) is 4.98 Å². The van der Waals surface area contributed by atoms with Crippen molar-refractivity contribution < 1.29 is 0 Å². The van der Waals surface area contributed by atoms with Crippen LogP contribution in [0.25, 0.3) is 11.1 Å². The average Bonchev–Trinajstić information content (AvgIpc) is 2.39. The second kappa shape index (κ2) is 4.93. The lowest BCUT2D eigenvalue weighted by Crippen LogP contribution is -1.89. The van der Waals surface area contributed by atoms with Gasteiger partial charge in [0.2, 0.25) is 0 Å². The highest BCUT2D eigenvalue weighted by molar-refractivity contribution is 5.64. The number of nitrogens with zero attached hydrogens (tertiary/aromatic N) is 1. The Morgan fingerprint density at radius 3 is 2.00 bits per heavy atom. The van der Waals surface area contributed by atoms with Crippen LogP contribution in [0.15, 0.2) is 36.7 Å². The van der Waals surface area contributed by atoms with Gasteiger partial charge in [0.1, 0.15) is 0 Å². The molecule has 0 saturated heterocycles. The highest BCUT2D eigenvalue weighted by Crippen LogP contribution is 2.22. The molecule has 0 fully saturated rings. The summed E-state index contributed by atoms with van der Waals surface area (Å²) in [6.45, 7) is 4.34. The molecule has 1 heteroatoms. The summed E-state index contributed by atoms with van der Waals surface area (Å²) in [5.41, 5.74) is 5.07. The summed E-state index contributed by atoms with van der Waals surface area (Å²) in [7, 11) is 0. The van der Waals surface area contributed by atoms with Crippen LogP contribution < -0.4 is 0 Å². The van der Waals surface area contributed by atoms with Gasteiger partial charge in [0.15, 0.2) is 0 Å². The Morgan fingerprint density at radius 1 is 0.938 bits per heavy atom. The van der Waals surface area contributed by atoms with Crippen molar-refractivity contribution >= 4 is 0 Å². The summed E-state index contributed by atoms with van der Waals surface area (Å²) in [4.78, 5) is 4.05. The molecule has 0 bridgehead atoms. The molecule has 0 aliphatic carbocycles. The van der Waals surface area contributed by atoms with Crippen LogP contribution in [0.3, 0.4) is 0 Å². The highest BCUT2D eigenvalue weighted by Gasteiger charge is 2.01. The van der Waals surface area contributed by atoms with Gasteiger partial charge in [-0.15, -0.1) is 0 Å². The maximum Gasteiger partial charge on any atom is 0.0273 e. The normalized spacial score (nSPS) is 10.4. The van der Waals surface area contributed by atoms with Crippen molar-refractivity contribution in [2.45, 2.75) is 26.7 Å². The van der Waals surface area contributed by atoms with E-state index in [9.17, 15) is 0 Å². The SMILES string of the molecule is CCc1[c]c(CC)cc(-c2ccncc2)c1. The number of benzene rings is 1. The van der Waals surface area contributed by atoms with Crippen LogP contribution >= 0.6 is 0 Å². The first-order valence-corrected chi connectivity index (χ1v) is 5.79. The van der Waals surface area contributed by atoms with Crippen LogP contribution in [0.2, 0.25) is 0 Å². The summed E-state index contributed by atoms with van der Waals surface area (Å²) in [5.74, 6) is 0. The lowest BCUT2D eigenvalue weighted by atomic mass is 9.98. The molecule has 16 heavy (non-hydrogen) atoms. The van der Waals surface area contributed by atoms with Gasteiger partial charge in [-0.1, -0.05) is 26.0 Å². The highest BCUT2D eigenvalue weighted by atomic mass is 14.6. The Morgan fingerprint density at radius 2 is 1.50 bits per heavy atom. The first-order chi connectivity index (χ1) is 7.83. The molecule has 0 spiro atoms. The van der Waals surface area contributed by atoms with Gasteiger partial charge in [0, 0.05) is 12.4 Å². The second-order valence-electron chi connectivity index (χ2n) is 3.86. The van der Waals surface area contributed by atoms with Gasteiger partial charge in [0.25, 0.3) is 0 Å². The lowest BCUT2D eigenvalue weighted by molar-refractivity contribution is 1.08. The van der Waals surface area contributed by atoms with Crippen LogP contribution in [0, 0.1) is 6.07 Å². The number of hydrogen-bond acceptors (Lipinski definition) is 1. The molecule has 81 valence electrons. The standard InChI is InChI=1S/C15H16N/c1-3-12-9-13(4-2)11-15(10-12)14-5-7-16-8-6-14/h5-8,10-11H,3-4H2,1-2H3. The Labute approximate surface area is 97.2 Å². The zero-order valence-electron chi connectivity index (χ0n) is 9.83. The number of rotatable bonds is 3. The van der Waals surface area contributed by atoms with Gasteiger partial charge < -0.3 is 0 Å². The van der Waals surface area contributed by atoms with Gasteiger partial charge in [0.05, 0.1) is 0 Å². The fraction of sp³-hybridized carbons (Fsp3) is 0.267. The quantitative estimate of drug-likeness (QED) is 0.753. The van der Waals surface area contributed by atoms with E-state index in [2.05, 4.69) is 37.0 Å². The predicted molar refractivity (Wildman–Crippen MR) is 67.3 cm³/mol. The van der Waals surface area contributed by atoms with E-state index in [4.69, 9.17) is 0 Å². The molecule has 0 aliphatic heterocycles. The molecule has 0 N–H and O–H groups in total. The van der Waals surface area contributed by atoms with Gasteiger partial charge in [-0.2, -0.15) is 0 Å². The van der Waals surface area contributed by atoms with E-state index in [1.807, 2.05) is 24.5 Å². The molecule has 0 amide bonds. The molecule has 2 aromatic rings. The number of aromatic nitrogens is 1. The third-order valence-corrected chi connectivity index (χ3v) is 2.76. The van der Waals surface area contributed by atoms with E-state index in [-0.39, 0.29) is 0 Å². The third-order valence-electron chi connectivity index (χ3n) is 2.76. The van der Waals surface area contributed by atoms with Gasteiger partial charge in [-0.3, -0.25) is 4.98 Å². The first kappa shape index (κ1) is 10.9. The number of hydrogen-bond donors (Lipinski definition) is 0. The number of pyridine rings is 1. The van der Waals surface area contributed by atoms with Crippen LogP contribution in [0.5, 0.6) is 0 Å². The molecule has 0 unspecified atom stereocenters. The van der Waals surface area contributed by atoms with Crippen molar-refractivity contribution in [1.29, 1.82) is 0 Å². The Balaban J connectivity index is 2.48. The van der Waals surface area contributed by atoms with Crippen LogP contribution in [-0.2, 0) is 12.8 Å². The van der Waals surface area contributed by atoms with Crippen molar-refractivity contribution in [3.8, 4) is 11.1 Å². The molecule has 1 heterocycles. The van der Waals surface area contributed by atoms with Crippen molar-refractivity contribution in [2.75, 3.05) is 0 Å². The van der Waals surface area contributed by atoms with E-state index in [1.54, 1.807) is 0 Å². The summed E-state index contributed by atoms with van der Waals surface area (Å²) < 4.78 is 0. The Kier molecular flexibility index (Phi) is 3.35. The monoisotopic (exact) mass is 210 g/mol. The fourth-order valence-corrected chi connectivity index (χ4v) is 1.79. The molecule has 1 nitrogen and oxygen atoms in total. The minimum atomic E-state index is 1.03. The van der Waals surface area contributed by atoms with E-state index >= 15 is 0 Å². The zero-order valence-corrected chi connectivity index (χ0v) is 9.83. The molecular weight excluding hydrogens is 194 g/mol. The molecule has 0 aliphatic rings. The molecule has 1 aromatic heterocycles. The largest absolute Gasteiger partial charge is 0.265 e. The van der Waals surface area contributed by atoms with E-state index in [0.29, 0.717) is 0 Å². The number of aryl methyl sites for hydroxylation is 2. The van der Waals surface area contributed by atoms with E-state index in [1.165, 1.54) is 22.3 Å². The average molecular weight is 210 g/mol. The van der Waals surface area contributed by atoms with Crippen molar-refractivity contribution in [3.63, 3.8) is 0 Å². The summed E-state index contributed by atoms with van der Waals surface area (Å²) in [6.07, 6.45) is 5.74. The molecular formula is C15H16N. The third kappa shape index (κ3) is 2.30. The molecule has 0 atom stereocenters. The fourth-order valence-electron chi connectivity index (χ4n) is 1.79. The second-order valence-corrected chi connectivity index (χ2v) is 3.86. The summed E-state index contributed by atoms with van der Waals surface area (Å²) >= 11 is 0. The van der Waals surface area contributed by atoms with E-state index < -0.39 is 0 Å². The van der Waals surface area contributed by atoms with Gasteiger partial charge >= 0.3 is 0 Å². The minimum absolute atomic E-state index is 1.03. The Hall–Kier alpha value is -1.63. The maximum absolute atomic E-state index is 4.05. The molecule has 2 rings (SSSR count). The first-order valence-electron chi connectivity index (χ1n) is 5.79.